The summed E-state index contributed by atoms with van der Waals surface area (Å²) in [5.41, 5.74) is -0.0341. The van der Waals surface area contributed by atoms with E-state index in [9.17, 15) is 18.0 Å². The van der Waals surface area contributed by atoms with Gasteiger partial charge in [0.25, 0.3) is 0 Å². The molecule has 1 aromatic rings. The van der Waals surface area contributed by atoms with Crippen molar-refractivity contribution < 1.29 is 22.7 Å². The highest BCUT2D eigenvalue weighted by atomic mass is 19.4. The van der Waals surface area contributed by atoms with Gasteiger partial charge in [-0.25, -0.2) is 0 Å². The number of carbonyl (C=O) groups excluding carboxylic acids is 1. The van der Waals surface area contributed by atoms with Gasteiger partial charge in [0, 0.05) is 26.2 Å². The second-order valence-corrected chi connectivity index (χ2v) is 5.26. The third kappa shape index (κ3) is 5.04. The molecule has 116 valence electrons. The number of amides is 1. The van der Waals surface area contributed by atoms with Crippen molar-refractivity contribution in [1.29, 1.82) is 0 Å². The molecule has 0 saturated carbocycles. The van der Waals surface area contributed by atoms with Crippen molar-refractivity contribution in [3.8, 4) is 0 Å². The summed E-state index contributed by atoms with van der Waals surface area (Å²) in [5, 5.41) is 2.73. The standard InChI is InChI=1S/C15H18F3NO2/c16-15(17,18)13-5-3-11(4-6-13)9-19-14(20)8-12-2-1-7-21-10-12/h3-6,12H,1-2,7-10H2,(H,19,20). The largest absolute Gasteiger partial charge is 0.416 e. The van der Waals surface area contributed by atoms with Crippen molar-refractivity contribution in [3.05, 3.63) is 35.4 Å². The minimum atomic E-state index is -4.33. The van der Waals surface area contributed by atoms with E-state index in [1.54, 1.807) is 0 Å². The predicted octanol–water partition coefficient (Wildman–Crippen LogP) is 3.14. The highest BCUT2D eigenvalue weighted by Gasteiger charge is 2.29. The number of hydrogen-bond donors (Lipinski definition) is 1. The fourth-order valence-corrected chi connectivity index (χ4v) is 2.31. The maximum absolute atomic E-state index is 12.4. The molecule has 0 radical (unpaired) electrons. The van der Waals surface area contributed by atoms with Crippen LogP contribution in [0.1, 0.15) is 30.4 Å². The molecule has 0 aliphatic carbocycles. The SMILES string of the molecule is O=C(CC1CCCOC1)NCc1ccc(C(F)(F)F)cc1. The highest BCUT2D eigenvalue weighted by molar-refractivity contribution is 5.76. The van der Waals surface area contributed by atoms with E-state index in [4.69, 9.17) is 4.74 Å². The van der Waals surface area contributed by atoms with Gasteiger partial charge in [0.1, 0.15) is 0 Å². The predicted molar refractivity (Wildman–Crippen MR) is 71.5 cm³/mol. The average molecular weight is 301 g/mol. The number of hydrogen-bond acceptors (Lipinski definition) is 2. The quantitative estimate of drug-likeness (QED) is 0.928. The normalized spacial score (nSPS) is 19.3. The van der Waals surface area contributed by atoms with Crippen molar-refractivity contribution in [1.82, 2.24) is 5.32 Å². The number of benzene rings is 1. The number of nitrogens with one attached hydrogen (secondary N) is 1. The van der Waals surface area contributed by atoms with Crippen molar-refractivity contribution >= 4 is 5.91 Å². The van der Waals surface area contributed by atoms with Crippen LogP contribution in [-0.2, 0) is 22.3 Å². The molecule has 1 N–H and O–H groups in total. The summed E-state index contributed by atoms with van der Waals surface area (Å²) < 4.78 is 42.5. The van der Waals surface area contributed by atoms with Crippen LogP contribution in [0.15, 0.2) is 24.3 Å². The maximum atomic E-state index is 12.4. The molecule has 21 heavy (non-hydrogen) atoms. The Morgan fingerprint density at radius 3 is 2.57 bits per heavy atom. The first kappa shape index (κ1) is 15.8. The van der Waals surface area contributed by atoms with Gasteiger partial charge < -0.3 is 10.1 Å². The molecule has 1 atom stereocenters. The number of carbonyl (C=O) groups is 1. The zero-order valence-electron chi connectivity index (χ0n) is 11.6. The van der Waals surface area contributed by atoms with Crippen LogP contribution in [0.2, 0.25) is 0 Å². The van der Waals surface area contributed by atoms with Gasteiger partial charge in [0.15, 0.2) is 0 Å². The van der Waals surface area contributed by atoms with Crippen LogP contribution in [0.3, 0.4) is 0 Å². The van der Waals surface area contributed by atoms with Crippen LogP contribution in [-0.4, -0.2) is 19.1 Å². The Labute approximate surface area is 121 Å². The lowest BCUT2D eigenvalue weighted by atomic mass is 9.98. The van der Waals surface area contributed by atoms with Crippen LogP contribution < -0.4 is 5.32 Å². The summed E-state index contributed by atoms with van der Waals surface area (Å²) in [6, 6.07) is 4.81. The summed E-state index contributed by atoms with van der Waals surface area (Å²) >= 11 is 0. The fraction of sp³-hybridized carbons (Fsp3) is 0.533. The van der Waals surface area contributed by atoms with E-state index >= 15 is 0 Å². The summed E-state index contributed by atoms with van der Waals surface area (Å²) in [6.45, 7) is 1.60. The van der Waals surface area contributed by atoms with Gasteiger partial charge in [-0.15, -0.1) is 0 Å². The van der Waals surface area contributed by atoms with E-state index in [2.05, 4.69) is 5.32 Å². The second kappa shape index (κ2) is 6.93. The first-order chi connectivity index (χ1) is 9.95. The molecular formula is C15H18F3NO2. The summed E-state index contributed by atoms with van der Waals surface area (Å²) in [4.78, 5) is 11.8. The van der Waals surface area contributed by atoms with Gasteiger partial charge >= 0.3 is 6.18 Å². The molecule has 1 aliphatic rings. The summed E-state index contributed by atoms with van der Waals surface area (Å²) in [6.07, 6.45) is -1.98. The van der Waals surface area contributed by atoms with Crippen LogP contribution in [0.5, 0.6) is 0 Å². The zero-order chi connectivity index (χ0) is 15.3. The van der Waals surface area contributed by atoms with Crippen LogP contribution in [0.4, 0.5) is 13.2 Å². The van der Waals surface area contributed by atoms with Gasteiger partial charge in [-0.05, 0) is 36.5 Å². The molecule has 0 bridgehead atoms. The molecule has 2 rings (SSSR count). The highest BCUT2D eigenvalue weighted by Crippen LogP contribution is 2.29. The molecule has 1 fully saturated rings. The second-order valence-electron chi connectivity index (χ2n) is 5.26. The fourth-order valence-electron chi connectivity index (χ4n) is 2.31. The third-order valence-corrected chi connectivity index (χ3v) is 3.50. The van der Waals surface area contributed by atoms with Crippen LogP contribution >= 0.6 is 0 Å². The molecule has 3 nitrogen and oxygen atoms in total. The monoisotopic (exact) mass is 301 g/mol. The smallest absolute Gasteiger partial charge is 0.381 e. The van der Waals surface area contributed by atoms with Crippen molar-refractivity contribution in [2.75, 3.05) is 13.2 Å². The lowest BCUT2D eigenvalue weighted by Gasteiger charge is -2.21. The Hall–Kier alpha value is -1.56. The molecule has 1 heterocycles. The molecule has 6 heteroatoms. The lowest BCUT2D eigenvalue weighted by Crippen LogP contribution is -2.28. The number of ether oxygens (including phenoxy) is 1. The summed E-state index contributed by atoms with van der Waals surface area (Å²) in [5.74, 6) is 0.150. The maximum Gasteiger partial charge on any atom is 0.416 e. The molecule has 1 aliphatic heterocycles. The summed E-state index contributed by atoms with van der Waals surface area (Å²) in [7, 11) is 0. The molecule has 0 aromatic heterocycles. The van der Waals surface area contributed by atoms with E-state index < -0.39 is 11.7 Å². The van der Waals surface area contributed by atoms with Gasteiger partial charge in [-0.3, -0.25) is 4.79 Å². The number of halogens is 3. The Kier molecular flexibility index (Phi) is 5.22. The van der Waals surface area contributed by atoms with E-state index in [1.165, 1.54) is 12.1 Å². The molecule has 1 unspecified atom stereocenters. The van der Waals surface area contributed by atoms with E-state index in [0.717, 1.165) is 31.6 Å². The number of alkyl halides is 3. The lowest BCUT2D eigenvalue weighted by molar-refractivity contribution is -0.137. The minimum Gasteiger partial charge on any atom is -0.381 e. The van der Waals surface area contributed by atoms with Crippen LogP contribution in [0, 0.1) is 5.92 Å². The molecular weight excluding hydrogens is 283 g/mol. The van der Waals surface area contributed by atoms with Gasteiger partial charge in [0.2, 0.25) is 5.91 Å². The first-order valence-electron chi connectivity index (χ1n) is 6.96. The number of rotatable bonds is 4. The first-order valence-corrected chi connectivity index (χ1v) is 6.96. The van der Waals surface area contributed by atoms with Gasteiger partial charge in [-0.2, -0.15) is 13.2 Å². The van der Waals surface area contributed by atoms with Crippen LogP contribution in [0.25, 0.3) is 0 Å². The van der Waals surface area contributed by atoms with E-state index in [1.807, 2.05) is 0 Å². The average Bonchev–Trinajstić information content (AvgIpc) is 2.46. The Balaban J connectivity index is 1.78. The van der Waals surface area contributed by atoms with Gasteiger partial charge in [0.05, 0.1) is 5.56 Å². The van der Waals surface area contributed by atoms with Crippen molar-refractivity contribution in [3.63, 3.8) is 0 Å². The Bertz CT molecular complexity index is 465. The Morgan fingerprint density at radius 1 is 1.29 bits per heavy atom. The molecule has 1 amide bonds. The zero-order valence-corrected chi connectivity index (χ0v) is 11.6. The molecule has 1 aromatic carbocycles. The van der Waals surface area contributed by atoms with Crippen molar-refractivity contribution in [2.45, 2.75) is 32.0 Å². The third-order valence-electron chi connectivity index (χ3n) is 3.50. The van der Waals surface area contributed by atoms with E-state index in [0.29, 0.717) is 18.6 Å². The molecule has 1 saturated heterocycles. The van der Waals surface area contributed by atoms with Gasteiger partial charge in [-0.1, -0.05) is 12.1 Å². The van der Waals surface area contributed by atoms with Crippen molar-refractivity contribution in [2.24, 2.45) is 5.92 Å². The minimum absolute atomic E-state index is 0.0922. The molecule has 0 spiro atoms. The Morgan fingerprint density at radius 2 is 2.00 bits per heavy atom. The topological polar surface area (TPSA) is 38.3 Å². The van der Waals surface area contributed by atoms with E-state index in [-0.39, 0.29) is 18.4 Å².